The van der Waals surface area contributed by atoms with Gasteiger partial charge in [0.25, 0.3) is 0 Å². The van der Waals surface area contributed by atoms with E-state index in [1.54, 1.807) is 0 Å². The summed E-state index contributed by atoms with van der Waals surface area (Å²) in [6, 6.07) is 0.416. The van der Waals surface area contributed by atoms with Crippen LogP contribution < -0.4 is 21.3 Å². The summed E-state index contributed by atoms with van der Waals surface area (Å²) < 4.78 is 10.9. The lowest BCUT2D eigenvalue weighted by molar-refractivity contribution is -0.121. The summed E-state index contributed by atoms with van der Waals surface area (Å²) in [5, 5.41) is 12.0. The zero-order valence-electron chi connectivity index (χ0n) is 19.3. The molecule has 2 fully saturated rings. The Morgan fingerprint density at radius 1 is 1.06 bits per heavy atom. The third-order valence-electron chi connectivity index (χ3n) is 6.16. The molecule has 4 atom stereocenters. The van der Waals surface area contributed by atoms with Crippen molar-refractivity contribution >= 4 is 29.8 Å². The molecule has 4 N–H and O–H groups in total. The maximum absolute atomic E-state index is 12.0. The van der Waals surface area contributed by atoms with E-state index in [1.807, 2.05) is 11.8 Å². The molecule has 0 aromatic carbocycles. The Bertz CT molecular complexity index is 677. The number of hydrogen-bond acceptors (Lipinski definition) is 6. The SMILES string of the molecule is O=C(CCCC[C@H]1SC[C@H]2NC(=O)N[C@H]21)NCCOCCNC(=O)OC1CC/C=C/CCC1. The van der Waals surface area contributed by atoms with E-state index in [-0.39, 0.29) is 36.2 Å². The summed E-state index contributed by atoms with van der Waals surface area (Å²) in [7, 11) is 0. The minimum atomic E-state index is -0.389. The molecule has 3 rings (SSSR count). The standard InChI is InChI=1S/C23H38N4O5S/c28-20(11-7-6-10-19-21-18(16-33-19)26-22(29)27-21)24-12-14-31-15-13-25-23(30)32-17-8-4-2-1-3-5-9-17/h1-2,17-19,21H,3-16H2,(H,24,28)(H,25,30)(H2,26,27,29)/b2-1+/t17?,18-,19-,21-/m1/s1. The number of hydrogen-bond donors (Lipinski definition) is 4. The molecule has 0 spiro atoms. The molecule has 186 valence electrons. The van der Waals surface area contributed by atoms with E-state index in [4.69, 9.17) is 9.47 Å². The van der Waals surface area contributed by atoms with Crippen LogP contribution in [0.15, 0.2) is 12.2 Å². The number of fused-ring (bicyclic) bond motifs is 1. The minimum absolute atomic E-state index is 0.0134. The van der Waals surface area contributed by atoms with Crippen molar-refractivity contribution in [2.75, 3.05) is 32.1 Å². The van der Waals surface area contributed by atoms with Gasteiger partial charge in [0, 0.05) is 30.5 Å². The molecule has 9 nitrogen and oxygen atoms in total. The van der Waals surface area contributed by atoms with Gasteiger partial charge < -0.3 is 30.7 Å². The second-order valence-electron chi connectivity index (χ2n) is 8.76. The Morgan fingerprint density at radius 2 is 1.88 bits per heavy atom. The third-order valence-corrected chi connectivity index (χ3v) is 7.67. The first kappa shape index (κ1) is 25.7. The van der Waals surface area contributed by atoms with Crippen molar-refractivity contribution in [2.45, 2.75) is 81.2 Å². The molecule has 0 aromatic heterocycles. The van der Waals surface area contributed by atoms with Gasteiger partial charge in [0.15, 0.2) is 0 Å². The predicted octanol–water partition coefficient (Wildman–Crippen LogP) is 2.46. The molecule has 2 saturated heterocycles. The first-order valence-corrected chi connectivity index (χ1v) is 13.3. The topological polar surface area (TPSA) is 118 Å². The first-order chi connectivity index (χ1) is 16.1. The maximum Gasteiger partial charge on any atom is 0.407 e. The molecule has 4 amide bonds. The second-order valence-corrected chi connectivity index (χ2v) is 10.0. The molecule has 10 heteroatoms. The lowest BCUT2D eigenvalue weighted by atomic mass is 10.0. The molecule has 0 radical (unpaired) electrons. The highest BCUT2D eigenvalue weighted by Gasteiger charge is 2.42. The van der Waals surface area contributed by atoms with Crippen LogP contribution in [0.3, 0.4) is 0 Å². The van der Waals surface area contributed by atoms with Crippen LogP contribution in [0.2, 0.25) is 0 Å². The van der Waals surface area contributed by atoms with Crippen molar-refractivity contribution in [2.24, 2.45) is 0 Å². The van der Waals surface area contributed by atoms with Gasteiger partial charge in [-0.1, -0.05) is 18.6 Å². The fourth-order valence-electron chi connectivity index (χ4n) is 4.39. The van der Waals surface area contributed by atoms with Crippen LogP contribution in [0.4, 0.5) is 9.59 Å². The van der Waals surface area contributed by atoms with E-state index in [0.717, 1.165) is 57.1 Å². The Hall–Kier alpha value is -1.94. The number of urea groups is 1. The summed E-state index contributed by atoms with van der Waals surface area (Å²) in [4.78, 5) is 35.2. The molecule has 33 heavy (non-hydrogen) atoms. The van der Waals surface area contributed by atoms with E-state index in [2.05, 4.69) is 33.4 Å². The molecule has 0 aromatic rings. The summed E-state index contributed by atoms with van der Waals surface area (Å²) in [6.07, 6.45) is 12.1. The number of alkyl carbamates (subject to hydrolysis) is 1. The lowest BCUT2D eigenvalue weighted by Gasteiger charge is -2.18. The Labute approximate surface area is 200 Å². The Kier molecular flexibility index (Phi) is 11.2. The van der Waals surface area contributed by atoms with Gasteiger partial charge in [-0.25, -0.2) is 9.59 Å². The normalized spacial score (nSPS) is 27.5. The van der Waals surface area contributed by atoms with Gasteiger partial charge in [0.1, 0.15) is 6.10 Å². The smallest absolute Gasteiger partial charge is 0.407 e. The van der Waals surface area contributed by atoms with Gasteiger partial charge in [-0.15, -0.1) is 0 Å². The quantitative estimate of drug-likeness (QED) is 0.193. The van der Waals surface area contributed by atoms with Crippen LogP contribution in [-0.2, 0) is 14.3 Å². The van der Waals surface area contributed by atoms with Crippen molar-refractivity contribution in [1.29, 1.82) is 0 Å². The zero-order chi connectivity index (χ0) is 23.3. The molecule has 1 unspecified atom stereocenters. The summed E-state index contributed by atoms with van der Waals surface area (Å²) in [6.45, 7) is 1.63. The molecule has 0 bridgehead atoms. The monoisotopic (exact) mass is 482 g/mol. The molecule has 0 saturated carbocycles. The van der Waals surface area contributed by atoms with E-state index in [0.29, 0.717) is 38.0 Å². The maximum atomic E-state index is 12.0. The largest absolute Gasteiger partial charge is 0.446 e. The predicted molar refractivity (Wildman–Crippen MR) is 128 cm³/mol. The van der Waals surface area contributed by atoms with Crippen LogP contribution in [0.1, 0.15) is 57.8 Å². The number of nitrogens with one attached hydrogen (secondary N) is 4. The van der Waals surface area contributed by atoms with Gasteiger partial charge in [0.05, 0.1) is 25.3 Å². The average molecular weight is 483 g/mol. The van der Waals surface area contributed by atoms with Crippen molar-refractivity contribution in [3.05, 3.63) is 12.2 Å². The number of amides is 4. The number of rotatable bonds is 12. The second kappa shape index (κ2) is 14.3. The summed E-state index contributed by atoms with van der Waals surface area (Å²) in [5.41, 5.74) is 0. The fraction of sp³-hybridized carbons (Fsp3) is 0.783. The van der Waals surface area contributed by atoms with Gasteiger partial charge in [-0.2, -0.15) is 11.8 Å². The zero-order valence-corrected chi connectivity index (χ0v) is 20.1. The molecule has 3 aliphatic rings. The van der Waals surface area contributed by atoms with E-state index in [1.165, 1.54) is 0 Å². The van der Waals surface area contributed by atoms with Crippen LogP contribution in [-0.4, -0.2) is 73.5 Å². The molecule has 2 aliphatic heterocycles. The summed E-state index contributed by atoms with van der Waals surface area (Å²) in [5.74, 6) is 0.992. The van der Waals surface area contributed by atoms with Crippen LogP contribution in [0.5, 0.6) is 0 Å². The number of carbonyl (C=O) groups is 3. The number of carbonyl (C=O) groups excluding carboxylic acids is 3. The molecular formula is C23H38N4O5S. The van der Waals surface area contributed by atoms with Gasteiger partial charge in [-0.05, 0) is 44.9 Å². The molecule has 2 heterocycles. The first-order valence-electron chi connectivity index (χ1n) is 12.2. The number of ether oxygens (including phenoxy) is 2. The Balaban J connectivity index is 1.11. The Morgan fingerprint density at radius 3 is 2.76 bits per heavy atom. The van der Waals surface area contributed by atoms with Crippen molar-refractivity contribution < 1.29 is 23.9 Å². The number of unbranched alkanes of at least 4 members (excludes halogenated alkanes) is 1. The average Bonchev–Trinajstić information content (AvgIpc) is 3.31. The summed E-state index contributed by atoms with van der Waals surface area (Å²) >= 11 is 1.90. The van der Waals surface area contributed by atoms with Crippen LogP contribution in [0, 0.1) is 0 Å². The van der Waals surface area contributed by atoms with E-state index in [9.17, 15) is 14.4 Å². The van der Waals surface area contributed by atoms with Gasteiger partial charge >= 0.3 is 12.1 Å². The highest BCUT2D eigenvalue weighted by Crippen LogP contribution is 2.33. The van der Waals surface area contributed by atoms with Crippen molar-refractivity contribution in [3.8, 4) is 0 Å². The van der Waals surface area contributed by atoms with Gasteiger partial charge in [0.2, 0.25) is 5.91 Å². The van der Waals surface area contributed by atoms with E-state index < -0.39 is 0 Å². The highest BCUT2D eigenvalue weighted by atomic mass is 32.2. The highest BCUT2D eigenvalue weighted by molar-refractivity contribution is 8.00. The molecular weight excluding hydrogens is 444 g/mol. The third kappa shape index (κ3) is 9.44. The van der Waals surface area contributed by atoms with E-state index >= 15 is 0 Å². The number of allylic oxidation sites excluding steroid dienone is 2. The van der Waals surface area contributed by atoms with Crippen molar-refractivity contribution in [1.82, 2.24) is 21.3 Å². The lowest BCUT2D eigenvalue weighted by Crippen LogP contribution is -2.36. The van der Waals surface area contributed by atoms with Crippen molar-refractivity contribution in [3.63, 3.8) is 0 Å². The van der Waals surface area contributed by atoms with Gasteiger partial charge in [-0.3, -0.25) is 4.79 Å². The minimum Gasteiger partial charge on any atom is -0.446 e. The molecule has 1 aliphatic carbocycles. The number of thioether (sulfide) groups is 1. The van der Waals surface area contributed by atoms with Crippen LogP contribution in [0.25, 0.3) is 0 Å². The van der Waals surface area contributed by atoms with Crippen LogP contribution >= 0.6 is 11.8 Å². The fourth-order valence-corrected chi connectivity index (χ4v) is 5.93.